The smallest absolute Gasteiger partial charge is 0.161 e. The van der Waals surface area contributed by atoms with Crippen LogP contribution in [0.15, 0.2) is 72.8 Å². The maximum Gasteiger partial charge on any atom is 0.161 e. The molecule has 0 amide bonds. The van der Waals surface area contributed by atoms with Crippen LogP contribution >= 0.6 is 0 Å². The normalized spacial score (nSPS) is 15.1. The molecule has 0 atom stereocenters. The Labute approximate surface area is 365 Å². The molecule has 12 aliphatic heterocycles. The van der Waals surface area contributed by atoms with Gasteiger partial charge in [-0.05, 0) is 178 Å². The molecule has 2 aliphatic carbocycles. The Morgan fingerprint density at radius 3 is 0.714 bits per heavy atom. The third-order valence-electron chi connectivity index (χ3n) is 12.4. The number of benzene rings is 6. The first-order chi connectivity index (χ1) is 30.7. The number of hydrogen-bond acceptors (Lipinski definition) is 12. The van der Waals surface area contributed by atoms with Gasteiger partial charge < -0.3 is 58.0 Å². The van der Waals surface area contributed by atoms with Crippen LogP contribution < -0.4 is 42.6 Å². The van der Waals surface area contributed by atoms with Crippen molar-refractivity contribution in [3.05, 3.63) is 140 Å². The molecule has 0 fully saturated rings. The van der Waals surface area contributed by atoms with Crippen molar-refractivity contribution >= 4 is 0 Å². The molecule has 12 heterocycles. The molecular formula is C51H48O12. The average Bonchev–Trinajstić information content (AvgIpc) is 3.36. The number of methoxy groups -OCH3 is 3. The van der Waals surface area contributed by atoms with Crippen LogP contribution in [0.2, 0.25) is 0 Å². The van der Waals surface area contributed by atoms with E-state index in [2.05, 4.69) is 0 Å². The number of phenols is 3. The first-order valence-corrected chi connectivity index (χ1v) is 21.1. The monoisotopic (exact) mass is 852 g/mol. The van der Waals surface area contributed by atoms with Crippen LogP contribution in [0, 0.1) is 0 Å². The number of ether oxygens (including phenoxy) is 9. The van der Waals surface area contributed by atoms with Crippen LogP contribution in [0.1, 0.15) is 66.8 Å². The van der Waals surface area contributed by atoms with Gasteiger partial charge in [-0.15, -0.1) is 0 Å². The van der Waals surface area contributed by atoms with E-state index in [0.29, 0.717) is 90.3 Å². The van der Waals surface area contributed by atoms with E-state index in [1.54, 1.807) is 39.5 Å². The van der Waals surface area contributed by atoms with E-state index in [1.807, 2.05) is 54.6 Å². The van der Waals surface area contributed by atoms with Crippen LogP contribution in [0.25, 0.3) is 0 Å². The lowest BCUT2D eigenvalue weighted by Gasteiger charge is -2.19. The van der Waals surface area contributed by atoms with Crippen LogP contribution in [-0.2, 0) is 38.5 Å². The van der Waals surface area contributed by atoms with Crippen molar-refractivity contribution in [2.24, 2.45) is 0 Å². The summed E-state index contributed by atoms with van der Waals surface area (Å²) < 4.78 is 55.8. The summed E-state index contributed by atoms with van der Waals surface area (Å²) in [5.41, 5.74) is 11.5. The summed E-state index contributed by atoms with van der Waals surface area (Å²) in [4.78, 5) is 0. The number of rotatable bonds is 3. The molecule has 0 spiro atoms. The molecular weight excluding hydrogens is 805 g/mol. The Bertz CT molecular complexity index is 2460. The van der Waals surface area contributed by atoms with Crippen LogP contribution in [0.5, 0.6) is 69.0 Å². The molecule has 63 heavy (non-hydrogen) atoms. The molecule has 12 nitrogen and oxygen atoms in total. The van der Waals surface area contributed by atoms with Crippen molar-refractivity contribution in [2.75, 3.05) is 61.0 Å². The summed E-state index contributed by atoms with van der Waals surface area (Å²) in [6.07, 6.45) is 2.94. The number of aromatic hydroxyl groups is 3. The minimum atomic E-state index is -0.0168. The van der Waals surface area contributed by atoms with Gasteiger partial charge in [0.2, 0.25) is 0 Å². The van der Waals surface area contributed by atoms with Crippen molar-refractivity contribution in [1.82, 2.24) is 0 Å². The molecule has 14 aliphatic rings. The van der Waals surface area contributed by atoms with Gasteiger partial charge in [-0.1, -0.05) is 0 Å². The van der Waals surface area contributed by atoms with E-state index < -0.39 is 0 Å². The Hall–Kier alpha value is -7.08. The molecule has 0 saturated carbocycles. The van der Waals surface area contributed by atoms with Crippen LogP contribution in [-0.4, -0.2) is 76.3 Å². The van der Waals surface area contributed by atoms with Crippen LogP contribution in [0.3, 0.4) is 0 Å². The predicted molar refractivity (Wildman–Crippen MR) is 233 cm³/mol. The second-order valence-corrected chi connectivity index (χ2v) is 16.2. The zero-order chi connectivity index (χ0) is 43.2. The average molecular weight is 853 g/mol. The van der Waals surface area contributed by atoms with Gasteiger partial charge >= 0.3 is 0 Å². The maximum absolute atomic E-state index is 11.4. The largest absolute Gasteiger partial charge is 0.504 e. The van der Waals surface area contributed by atoms with Gasteiger partial charge in [-0.3, -0.25) is 0 Å². The quantitative estimate of drug-likeness (QED) is 0.159. The Kier molecular flexibility index (Phi) is 10.6. The zero-order valence-electron chi connectivity index (χ0n) is 35.4. The van der Waals surface area contributed by atoms with E-state index in [-0.39, 0.29) is 56.9 Å². The fourth-order valence-electron chi connectivity index (χ4n) is 9.17. The van der Waals surface area contributed by atoms with Gasteiger partial charge in [0.15, 0.2) is 69.0 Å². The van der Waals surface area contributed by atoms with Gasteiger partial charge in [0, 0.05) is 0 Å². The lowest BCUT2D eigenvalue weighted by molar-refractivity contribution is 0.206. The lowest BCUT2D eigenvalue weighted by atomic mass is 9.94. The van der Waals surface area contributed by atoms with E-state index in [0.717, 1.165) is 66.8 Å². The summed E-state index contributed by atoms with van der Waals surface area (Å²) in [6, 6.07) is 22.9. The predicted octanol–water partition coefficient (Wildman–Crippen LogP) is 8.00. The van der Waals surface area contributed by atoms with Gasteiger partial charge in [-0.2, -0.15) is 0 Å². The van der Waals surface area contributed by atoms with Crippen molar-refractivity contribution in [2.45, 2.75) is 38.5 Å². The van der Waals surface area contributed by atoms with Crippen molar-refractivity contribution in [1.29, 1.82) is 0 Å². The Morgan fingerprint density at radius 1 is 0.286 bits per heavy atom. The second kappa shape index (κ2) is 16.7. The summed E-state index contributed by atoms with van der Waals surface area (Å²) in [6.45, 7) is 0.897. The highest BCUT2D eigenvalue weighted by Gasteiger charge is 2.25. The van der Waals surface area contributed by atoms with Crippen molar-refractivity contribution in [3.8, 4) is 69.0 Å². The third-order valence-corrected chi connectivity index (χ3v) is 12.4. The minimum absolute atomic E-state index is 0.0168. The molecule has 324 valence electrons. The molecule has 0 radical (unpaired) electrons. The molecule has 20 rings (SSSR count). The van der Waals surface area contributed by atoms with Crippen molar-refractivity contribution < 1.29 is 58.0 Å². The summed E-state index contributed by atoms with van der Waals surface area (Å²) in [5.74, 6) is 4.29. The number of phenolic OH excluding ortho intramolecular Hbond substituents is 3. The maximum atomic E-state index is 11.4. The first kappa shape index (κ1) is 40.0. The molecule has 6 aromatic rings. The first-order valence-electron chi connectivity index (χ1n) is 21.1. The fourth-order valence-corrected chi connectivity index (χ4v) is 9.17. The molecule has 3 N–H and O–H groups in total. The standard InChI is InChI=1S/C51H48O12/c1-55-46-22-34-13-38-26-50-48(57-3)24-36(38)15-39-27-51-47(56-2)23-35(39)14-37(34)25-49(46)61-7-4-58-43-19-31-10-29-17-41(53)45(60-6-9-63-51)21-33(29)12-30-18-42(54)44(59-5-8-62-50)20-32(30)11-28(31)16-40(43)52/h16-27,52-54H,4-15H2,1-3H3. The molecule has 18 bridgehead atoms. The Balaban J connectivity index is 1.18. The summed E-state index contributed by atoms with van der Waals surface area (Å²) in [5, 5.41) is 34.3. The summed E-state index contributed by atoms with van der Waals surface area (Å²) >= 11 is 0. The topological polar surface area (TPSA) is 144 Å². The summed E-state index contributed by atoms with van der Waals surface area (Å²) in [7, 11) is 4.88. The molecule has 12 heteroatoms. The van der Waals surface area contributed by atoms with E-state index in [1.165, 1.54) is 0 Å². The van der Waals surface area contributed by atoms with E-state index in [4.69, 9.17) is 42.6 Å². The minimum Gasteiger partial charge on any atom is -0.504 e. The zero-order valence-corrected chi connectivity index (χ0v) is 35.4. The van der Waals surface area contributed by atoms with Gasteiger partial charge in [0.25, 0.3) is 0 Å². The van der Waals surface area contributed by atoms with Gasteiger partial charge in [0.1, 0.15) is 39.6 Å². The van der Waals surface area contributed by atoms with E-state index in [9.17, 15) is 15.3 Å². The molecule has 6 aromatic carbocycles. The highest BCUT2D eigenvalue weighted by Crippen LogP contribution is 2.43. The highest BCUT2D eigenvalue weighted by molar-refractivity contribution is 5.60. The molecule has 0 aromatic heterocycles. The van der Waals surface area contributed by atoms with Crippen molar-refractivity contribution in [3.63, 3.8) is 0 Å². The SMILES string of the molecule is COc1cc2c3cc1OCCOc1cc4c(cc1O)Cc1cc5c(O)cc1Cc1cc(c(O)cc1C4)OCCOc1cc(c(cc1OC)C3)Cc1cc(OC)c(cc1C2)OCCO5. The van der Waals surface area contributed by atoms with E-state index >= 15 is 0 Å². The molecule has 0 saturated heterocycles. The molecule has 0 unspecified atom stereocenters. The Morgan fingerprint density at radius 2 is 0.476 bits per heavy atom. The van der Waals surface area contributed by atoms with Gasteiger partial charge in [-0.25, -0.2) is 0 Å². The third kappa shape index (κ3) is 7.86. The second-order valence-electron chi connectivity index (χ2n) is 16.2. The van der Waals surface area contributed by atoms with Gasteiger partial charge in [0.05, 0.1) is 21.3 Å². The fraction of sp³-hybridized carbons (Fsp3) is 0.294. The lowest BCUT2D eigenvalue weighted by Crippen LogP contribution is -2.12. The number of hydrogen-bond donors (Lipinski definition) is 3. The highest BCUT2D eigenvalue weighted by atomic mass is 16.6. The van der Waals surface area contributed by atoms with Crippen LogP contribution in [0.4, 0.5) is 0 Å².